The predicted molar refractivity (Wildman–Crippen MR) is 112 cm³/mol. The van der Waals surface area contributed by atoms with Crippen LogP contribution in [-0.2, 0) is 0 Å². The molecule has 0 aliphatic heterocycles. The fourth-order valence-electron chi connectivity index (χ4n) is 2.60. The smallest absolute Gasteiger partial charge is 0.258 e. The zero-order chi connectivity index (χ0) is 20.1. The molecule has 1 amide bonds. The summed E-state index contributed by atoms with van der Waals surface area (Å²) < 4.78 is 5.34. The minimum atomic E-state index is -0.266. The molecular formula is C21H23N5O2. The van der Waals surface area contributed by atoms with E-state index >= 15 is 0 Å². The molecule has 0 atom stereocenters. The molecule has 0 saturated heterocycles. The van der Waals surface area contributed by atoms with Crippen LogP contribution in [0.2, 0.25) is 0 Å². The molecular weight excluding hydrogens is 354 g/mol. The highest BCUT2D eigenvalue weighted by Gasteiger charge is 2.10. The van der Waals surface area contributed by atoms with Crippen molar-refractivity contribution >= 4 is 28.9 Å². The fourth-order valence-corrected chi connectivity index (χ4v) is 2.60. The molecule has 1 heterocycles. The van der Waals surface area contributed by atoms with Crippen LogP contribution in [0.25, 0.3) is 0 Å². The Balaban J connectivity index is 1.68. The van der Waals surface area contributed by atoms with Gasteiger partial charge in [0.15, 0.2) is 0 Å². The van der Waals surface area contributed by atoms with Gasteiger partial charge in [-0.15, -0.1) is 0 Å². The Morgan fingerprint density at radius 2 is 1.71 bits per heavy atom. The van der Waals surface area contributed by atoms with Gasteiger partial charge in [-0.05, 0) is 48.9 Å². The third-order valence-electron chi connectivity index (χ3n) is 4.16. The van der Waals surface area contributed by atoms with E-state index in [0.29, 0.717) is 22.9 Å². The number of anilines is 4. The van der Waals surface area contributed by atoms with Gasteiger partial charge < -0.3 is 20.3 Å². The lowest BCUT2D eigenvalue weighted by Crippen LogP contribution is -2.13. The summed E-state index contributed by atoms with van der Waals surface area (Å²) in [6, 6.07) is 13.4. The summed E-state index contributed by atoms with van der Waals surface area (Å²) in [7, 11) is 5.54. The van der Waals surface area contributed by atoms with Crippen molar-refractivity contribution < 1.29 is 9.53 Å². The third kappa shape index (κ3) is 4.56. The molecule has 2 aromatic carbocycles. The number of benzene rings is 2. The van der Waals surface area contributed by atoms with E-state index in [1.807, 2.05) is 68.4 Å². The molecule has 0 fully saturated rings. The van der Waals surface area contributed by atoms with E-state index in [9.17, 15) is 4.79 Å². The van der Waals surface area contributed by atoms with E-state index in [1.165, 1.54) is 12.4 Å². The fraction of sp³-hybridized carbons (Fsp3) is 0.190. The number of hydrogen-bond donors (Lipinski definition) is 2. The Morgan fingerprint density at radius 3 is 2.32 bits per heavy atom. The lowest BCUT2D eigenvalue weighted by atomic mass is 10.2. The molecule has 144 valence electrons. The second-order valence-electron chi connectivity index (χ2n) is 6.52. The molecule has 0 saturated carbocycles. The van der Waals surface area contributed by atoms with Gasteiger partial charge in [0, 0.05) is 37.9 Å². The highest BCUT2D eigenvalue weighted by molar-refractivity contribution is 6.04. The molecule has 3 rings (SSSR count). The van der Waals surface area contributed by atoms with Crippen molar-refractivity contribution in [2.75, 3.05) is 36.7 Å². The summed E-state index contributed by atoms with van der Waals surface area (Å²) in [5.41, 5.74) is 3.99. The number of methoxy groups -OCH3 is 1. The minimum Gasteiger partial charge on any atom is -0.495 e. The van der Waals surface area contributed by atoms with E-state index in [0.717, 1.165) is 16.9 Å². The highest BCUT2D eigenvalue weighted by Crippen LogP contribution is 2.27. The summed E-state index contributed by atoms with van der Waals surface area (Å²) in [5, 5.41) is 5.95. The number of amides is 1. The Morgan fingerprint density at radius 1 is 1.04 bits per heavy atom. The van der Waals surface area contributed by atoms with Crippen molar-refractivity contribution in [3.8, 4) is 5.75 Å². The SMILES string of the molecule is COc1ccc(C)cc1Nc1ncc(C(=O)Nc2ccc(N(C)C)cc2)cn1. The Labute approximate surface area is 164 Å². The van der Waals surface area contributed by atoms with Crippen LogP contribution in [0.1, 0.15) is 15.9 Å². The van der Waals surface area contributed by atoms with Crippen LogP contribution in [0.3, 0.4) is 0 Å². The summed E-state index contributed by atoms with van der Waals surface area (Å²) in [6.07, 6.45) is 2.97. The number of carbonyl (C=O) groups excluding carboxylic acids is 1. The minimum absolute atomic E-state index is 0.266. The van der Waals surface area contributed by atoms with Gasteiger partial charge in [-0.1, -0.05) is 6.07 Å². The van der Waals surface area contributed by atoms with Crippen LogP contribution >= 0.6 is 0 Å². The quantitative estimate of drug-likeness (QED) is 0.679. The van der Waals surface area contributed by atoms with Gasteiger partial charge in [-0.2, -0.15) is 0 Å². The number of ether oxygens (including phenoxy) is 1. The largest absolute Gasteiger partial charge is 0.495 e. The summed E-state index contributed by atoms with van der Waals surface area (Å²) >= 11 is 0. The maximum Gasteiger partial charge on any atom is 0.258 e. The van der Waals surface area contributed by atoms with Crippen LogP contribution in [0, 0.1) is 6.92 Å². The average Bonchev–Trinajstić information content (AvgIpc) is 2.69. The number of nitrogens with one attached hydrogen (secondary N) is 2. The van der Waals surface area contributed by atoms with Crippen LogP contribution in [-0.4, -0.2) is 37.1 Å². The summed E-state index contributed by atoms with van der Waals surface area (Å²) in [4.78, 5) is 22.9. The van der Waals surface area contributed by atoms with Gasteiger partial charge >= 0.3 is 0 Å². The van der Waals surface area contributed by atoms with E-state index in [-0.39, 0.29) is 5.91 Å². The van der Waals surface area contributed by atoms with E-state index in [4.69, 9.17) is 4.74 Å². The molecule has 0 aliphatic carbocycles. The Hall–Kier alpha value is -3.61. The molecule has 1 aromatic heterocycles. The van der Waals surface area contributed by atoms with Crippen LogP contribution in [0.15, 0.2) is 54.9 Å². The summed E-state index contributed by atoms with van der Waals surface area (Å²) in [5.74, 6) is 0.810. The molecule has 2 N–H and O–H groups in total. The van der Waals surface area contributed by atoms with Crippen molar-refractivity contribution in [3.63, 3.8) is 0 Å². The molecule has 0 bridgehead atoms. The van der Waals surface area contributed by atoms with Gasteiger partial charge in [0.1, 0.15) is 5.75 Å². The van der Waals surface area contributed by atoms with Crippen molar-refractivity contribution in [1.82, 2.24) is 9.97 Å². The van der Waals surface area contributed by atoms with E-state index in [1.54, 1.807) is 7.11 Å². The number of aryl methyl sites for hydroxylation is 1. The first-order valence-corrected chi connectivity index (χ1v) is 8.78. The van der Waals surface area contributed by atoms with Crippen molar-refractivity contribution in [2.24, 2.45) is 0 Å². The van der Waals surface area contributed by atoms with Crippen molar-refractivity contribution in [2.45, 2.75) is 6.92 Å². The highest BCUT2D eigenvalue weighted by atomic mass is 16.5. The van der Waals surface area contributed by atoms with Crippen molar-refractivity contribution in [1.29, 1.82) is 0 Å². The Bertz CT molecular complexity index is 954. The first-order chi connectivity index (χ1) is 13.5. The normalized spacial score (nSPS) is 10.3. The van der Waals surface area contributed by atoms with Gasteiger partial charge in [0.2, 0.25) is 5.95 Å². The molecule has 0 radical (unpaired) electrons. The zero-order valence-electron chi connectivity index (χ0n) is 16.4. The first-order valence-electron chi connectivity index (χ1n) is 8.78. The topological polar surface area (TPSA) is 79.4 Å². The number of rotatable bonds is 6. The first kappa shape index (κ1) is 19.2. The van der Waals surface area contributed by atoms with Crippen molar-refractivity contribution in [3.05, 3.63) is 66.0 Å². The van der Waals surface area contributed by atoms with E-state index in [2.05, 4.69) is 20.6 Å². The molecule has 7 heteroatoms. The molecule has 28 heavy (non-hydrogen) atoms. The second-order valence-corrected chi connectivity index (χ2v) is 6.52. The van der Waals surface area contributed by atoms with Crippen LogP contribution in [0.5, 0.6) is 5.75 Å². The van der Waals surface area contributed by atoms with Crippen LogP contribution < -0.4 is 20.3 Å². The lowest BCUT2D eigenvalue weighted by Gasteiger charge is -2.13. The summed E-state index contributed by atoms with van der Waals surface area (Å²) in [6.45, 7) is 1.99. The maximum absolute atomic E-state index is 12.4. The monoisotopic (exact) mass is 377 g/mol. The number of hydrogen-bond acceptors (Lipinski definition) is 6. The second kappa shape index (κ2) is 8.39. The standard InChI is InChI=1S/C21H23N5O2/c1-14-5-10-19(28-4)18(11-14)25-21-22-12-15(13-23-21)20(27)24-16-6-8-17(9-7-16)26(2)3/h5-13H,1-4H3,(H,24,27)(H,22,23,25). The van der Waals surface area contributed by atoms with Gasteiger partial charge in [-0.3, -0.25) is 4.79 Å². The molecule has 0 unspecified atom stereocenters. The maximum atomic E-state index is 12.4. The lowest BCUT2D eigenvalue weighted by molar-refractivity contribution is 0.102. The molecule has 0 spiro atoms. The van der Waals surface area contributed by atoms with Gasteiger partial charge in [0.25, 0.3) is 5.91 Å². The van der Waals surface area contributed by atoms with Gasteiger partial charge in [-0.25, -0.2) is 9.97 Å². The van der Waals surface area contributed by atoms with Crippen LogP contribution in [0.4, 0.5) is 23.0 Å². The molecule has 0 aliphatic rings. The molecule has 7 nitrogen and oxygen atoms in total. The molecule has 3 aromatic rings. The predicted octanol–water partition coefficient (Wildman–Crippen LogP) is 3.86. The van der Waals surface area contributed by atoms with Gasteiger partial charge in [0.05, 0.1) is 18.4 Å². The zero-order valence-corrected chi connectivity index (χ0v) is 16.4. The number of aromatic nitrogens is 2. The van der Waals surface area contributed by atoms with E-state index < -0.39 is 0 Å². The number of nitrogens with zero attached hydrogens (tertiary/aromatic N) is 3. The average molecular weight is 377 g/mol. The number of carbonyl (C=O) groups is 1. The third-order valence-corrected chi connectivity index (χ3v) is 4.16. The Kier molecular flexibility index (Phi) is 5.74.